The summed E-state index contributed by atoms with van der Waals surface area (Å²) in [6.45, 7) is 1.28. The number of aliphatic hydroxyl groups is 2. The number of aromatic nitrogens is 2. The lowest BCUT2D eigenvalue weighted by Crippen LogP contribution is -2.33. The Bertz CT molecular complexity index is 528. The van der Waals surface area contributed by atoms with Crippen molar-refractivity contribution in [2.45, 2.75) is 31.8 Å². The third kappa shape index (κ3) is 2.17. The standard InChI is InChI=1S/C10H14N2O5/c1-5-3-12(10(16)11-9(5)15)8-2-6(14)7(4-13)17-8/h3,6-8,13-14H,2,4H2,1H3,(H,11,15,16)/t6-,7+,8+/m1/s1/i14D. The number of hydrogen-bond donors (Lipinski definition) is 3. The first-order valence-electron chi connectivity index (χ1n) is 5.68. The van der Waals surface area contributed by atoms with Crippen LogP contribution in [0.3, 0.4) is 0 Å². The van der Waals surface area contributed by atoms with Gasteiger partial charge in [-0.25, -0.2) is 4.79 Å². The van der Waals surface area contributed by atoms with Crippen molar-refractivity contribution in [2.24, 2.45) is 0 Å². The maximum absolute atomic E-state index is 11.6. The molecule has 0 aliphatic carbocycles. The highest BCUT2D eigenvalue weighted by Gasteiger charge is 2.34. The molecule has 2 heterocycles. The Morgan fingerprint density at radius 2 is 2.47 bits per heavy atom. The van der Waals surface area contributed by atoms with E-state index in [1.54, 1.807) is 6.92 Å². The number of hydrogen-bond acceptors (Lipinski definition) is 5. The predicted octanol–water partition coefficient (Wildman–Crippen LogP) is -1.51. The van der Waals surface area contributed by atoms with Crippen LogP contribution >= 0.6 is 0 Å². The van der Waals surface area contributed by atoms with E-state index < -0.39 is 29.7 Å². The van der Waals surface area contributed by atoms with E-state index in [0.29, 0.717) is 5.56 Å². The van der Waals surface area contributed by atoms with Gasteiger partial charge in [0.2, 0.25) is 1.43 Å². The van der Waals surface area contributed by atoms with Gasteiger partial charge < -0.3 is 15.0 Å². The van der Waals surface area contributed by atoms with Crippen LogP contribution in [0.5, 0.6) is 0 Å². The topological polar surface area (TPSA) is 105 Å². The number of aromatic amines is 1. The fourth-order valence-corrected chi connectivity index (χ4v) is 1.84. The van der Waals surface area contributed by atoms with E-state index >= 15 is 0 Å². The quantitative estimate of drug-likeness (QED) is 0.598. The van der Waals surface area contributed by atoms with Crippen molar-refractivity contribution >= 4 is 0 Å². The van der Waals surface area contributed by atoms with Gasteiger partial charge in [0.05, 0.1) is 12.7 Å². The zero-order chi connectivity index (χ0) is 13.3. The average molecular weight is 243 g/mol. The minimum atomic E-state index is -0.652. The van der Waals surface area contributed by atoms with E-state index in [0.717, 1.165) is 0 Å². The van der Waals surface area contributed by atoms with Crippen LogP contribution in [0.1, 0.15) is 18.2 Å². The molecule has 1 fully saturated rings. The molecule has 7 nitrogen and oxygen atoms in total. The molecule has 3 N–H and O–H groups in total. The third-order valence-electron chi connectivity index (χ3n) is 2.82. The fraction of sp³-hybridized carbons (Fsp3) is 0.600. The van der Waals surface area contributed by atoms with Gasteiger partial charge in [0, 0.05) is 18.2 Å². The summed E-state index contributed by atoms with van der Waals surface area (Å²) in [7, 11) is 0. The molecule has 0 spiro atoms. The van der Waals surface area contributed by atoms with E-state index in [9.17, 15) is 9.59 Å². The summed E-state index contributed by atoms with van der Waals surface area (Å²) in [5.74, 6) is 0. The first-order chi connectivity index (χ1) is 8.56. The van der Waals surface area contributed by atoms with Crippen LogP contribution in [0.2, 0.25) is 0 Å². The second kappa shape index (κ2) is 4.44. The van der Waals surface area contributed by atoms with Crippen molar-refractivity contribution in [3.8, 4) is 0 Å². The van der Waals surface area contributed by atoms with Crippen LogP contribution < -0.4 is 11.2 Å². The van der Waals surface area contributed by atoms with E-state index in [1.165, 1.54) is 10.8 Å². The van der Waals surface area contributed by atoms with Crippen LogP contribution in [-0.4, -0.2) is 40.0 Å². The van der Waals surface area contributed by atoms with Gasteiger partial charge in [-0.05, 0) is 6.92 Å². The number of H-pyrrole nitrogens is 1. The van der Waals surface area contributed by atoms with Crippen molar-refractivity contribution in [3.63, 3.8) is 0 Å². The summed E-state index contributed by atoms with van der Waals surface area (Å²) >= 11 is 0. The van der Waals surface area contributed by atoms with Crippen LogP contribution in [0, 0.1) is 6.92 Å². The number of nitrogens with one attached hydrogen (secondary N) is 1. The Labute approximate surface area is 97.8 Å². The molecule has 0 bridgehead atoms. The lowest BCUT2D eigenvalue weighted by molar-refractivity contribution is -0.0459. The molecule has 1 aromatic heterocycles. The highest BCUT2D eigenvalue weighted by atomic mass is 16.5. The molecule has 7 heteroatoms. The molecule has 1 aliphatic rings. The van der Waals surface area contributed by atoms with Gasteiger partial charge in [-0.15, -0.1) is 0 Å². The number of ether oxygens (including phenoxy) is 1. The maximum atomic E-state index is 11.6. The lowest BCUT2D eigenvalue weighted by Gasteiger charge is -2.14. The van der Waals surface area contributed by atoms with Crippen LogP contribution in [0.4, 0.5) is 0 Å². The Hall–Kier alpha value is -1.44. The van der Waals surface area contributed by atoms with Gasteiger partial charge in [-0.3, -0.25) is 14.3 Å². The molecule has 1 saturated heterocycles. The molecule has 2 rings (SSSR count). The minimum absolute atomic E-state index is 0.264. The number of nitrogens with zero attached hydrogens (tertiary/aromatic N) is 1. The van der Waals surface area contributed by atoms with Crippen molar-refractivity contribution in [2.75, 3.05) is 6.61 Å². The molecule has 94 valence electrons. The van der Waals surface area contributed by atoms with Gasteiger partial charge in [0.15, 0.2) is 0 Å². The van der Waals surface area contributed by atoms with E-state index in [-0.39, 0.29) is 13.0 Å². The average Bonchev–Trinajstić information content (AvgIpc) is 2.76. The first kappa shape index (κ1) is 10.7. The molecule has 17 heavy (non-hydrogen) atoms. The Kier molecular flexibility index (Phi) is 2.79. The Balaban J connectivity index is 2.31. The zero-order valence-electron chi connectivity index (χ0n) is 10.3. The van der Waals surface area contributed by atoms with Crippen molar-refractivity contribution in [3.05, 3.63) is 32.6 Å². The predicted molar refractivity (Wildman–Crippen MR) is 57.7 cm³/mol. The smallest absolute Gasteiger partial charge is 0.330 e. The molecule has 0 saturated carbocycles. The largest absolute Gasteiger partial charge is 0.394 e. The van der Waals surface area contributed by atoms with Gasteiger partial charge in [-0.1, -0.05) is 0 Å². The van der Waals surface area contributed by atoms with Crippen molar-refractivity contribution in [1.29, 1.82) is 1.43 Å². The van der Waals surface area contributed by atoms with E-state index in [1.807, 2.05) is 0 Å². The monoisotopic (exact) mass is 243 g/mol. The number of rotatable bonds is 3. The van der Waals surface area contributed by atoms with Gasteiger partial charge >= 0.3 is 5.69 Å². The summed E-state index contributed by atoms with van der Waals surface area (Å²) in [5.41, 5.74) is -0.645. The number of aliphatic hydroxyl groups excluding tert-OH is 2. The Morgan fingerprint density at radius 1 is 1.71 bits per heavy atom. The summed E-state index contributed by atoms with van der Waals surface area (Å²) in [6.07, 6.45) is -0.237. The second-order valence-corrected chi connectivity index (χ2v) is 4.06. The molecular formula is C10H14N2O5. The molecule has 0 radical (unpaired) electrons. The summed E-state index contributed by atoms with van der Waals surface area (Å²) in [5, 5.41) is 13.5. The first-order valence-corrected chi connectivity index (χ1v) is 5.27. The zero-order valence-corrected chi connectivity index (χ0v) is 9.25. The van der Waals surface area contributed by atoms with E-state index in [4.69, 9.17) is 11.3 Å². The summed E-state index contributed by atoms with van der Waals surface area (Å²) in [6, 6.07) is 0. The Morgan fingerprint density at radius 3 is 3.06 bits per heavy atom. The molecule has 0 aromatic carbocycles. The van der Waals surface area contributed by atoms with Crippen LogP contribution in [0.25, 0.3) is 0 Å². The van der Waals surface area contributed by atoms with Gasteiger partial charge in [0.25, 0.3) is 5.56 Å². The van der Waals surface area contributed by atoms with Gasteiger partial charge in [0.1, 0.15) is 12.3 Å². The minimum Gasteiger partial charge on any atom is -0.394 e. The highest BCUT2D eigenvalue weighted by molar-refractivity contribution is 5.02. The summed E-state index contributed by atoms with van der Waals surface area (Å²) in [4.78, 5) is 25.1. The molecule has 1 aliphatic heterocycles. The second-order valence-electron chi connectivity index (χ2n) is 4.06. The van der Waals surface area contributed by atoms with E-state index in [2.05, 4.69) is 10.1 Å². The molecule has 0 unspecified atom stereocenters. The van der Waals surface area contributed by atoms with Crippen LogP contribution in [-0.2, 0) is 4.74 Å². The molecule has 1 aromatic rings. The third-order valence-corrected chi connectivity index (χ3v) is 2.82. The maximum Gasteiger partial charge on any atom is 0.330 e. The van der Waals surface area contributed by atoms with Crippen molar-refractivity contribution in [1.82, 2.24) is 9.55 Å². The molecule has 3 atom stereocenters. The summed E-state index contributed by atoms with van der Waals surface area (Å²) < 4.78 is 13.5. The lowest BCUT2D eigenvalue weighted by atomic mass is 10.2. The highest BCUT2D eigenvalue weighted by Crippen LogP contribution is 2.27. The SMILES string of the molecule is [2H]O[C@@H]1C[C@@H](n2cc(C)c(=O)[nH]c2=O)O[C@H]1CO. The molecular weight excluding hydrogens is 228 g/mol. The van der Waals surface area contributed by atoms with Gasteiger partial charge in [-0.2, -0.15) is 0 Å². The fourth-order valence-electron chi connectivity index (χ4n) is 1.84. The number of aryl methyl sites for hydroxylation is 1. The van der Waals surface area contributed by atoms with Crippen LogP contribution in [0.15, 0.2) is 15.8 Å². The normalized spacial score (nSPS) is 29.3. The molecule has 0 amide bonds. The van der Waals surface area contributed by atoms with Crippen molar-refractivity contribution < 1.29 is 15.0 Å².